The van der Waals surface area contributed by atoms with Crippen LogP contribution >= 0.6 is 22.6 Å². The van der Waals surface area contributed by atoms with Crippen molar-refractivity contribution in [2.45, 2.75) is 9.71 Å². The maximum absolute atomic E-state index is 10.7. The van der Waals surface area contributed by atoms with Gasteiger partial charge in [0.1, 0.15) is 5.75 Å². The summed E-state index contributed by atoms with van der Waals surface area (Å²) in [5.74, 6) is 0.726. The fraction of sp³-hybridized carbons (Fsp3) is 0.176. The number of rotatable bonds is 0. The van der Waals surface area contributed by atoms with Crippen molar-refractivity contribution in [2.75, 3.05) is 0 Å². The van der Waals surface area contributed by atoms with Gasteiger partial charge >= 0.3 is 0 Å². The number of aliphatic hydroxyl groups is 1. The molecule has 20 heavy (non-hydrogen) atoms. The van der Waals surface area contributed by atoms with E-state index in [0.717, 1.165) is 22.1 Å². The molecule has 2 aliphatic rings. The van der Waals surface area contributed by atoms with Crippen LogP contribution in [0.15, 0.2) is 60.7 Å². The molecule has 1 aliphatic heterocycles. The van der Waals surface area contributed by atoms with Crippen LogP contribution in [-0.2, 0) is 0 Å². The molecule has 1 aliphatic carbocycles. The smallest absolute Gasteiger partial charge is 0.186 e. The molecule has 2 aromatic rings. The van der Waals surface area contributed by atoms with Gasteiger partial charge in [0.15, 0.2) is 3.61 Å². The van der Waals surface area contributed by atoms with E-state index >= 15 is 0 Å². The maximum atomic E-state index is 10.7. The highest BCUT2D eigenvalue weighted by molar-refractivity contribution is 14.1. The first-order chi connectivity index (χ1) is 9.67. The SMILES string of the molecule is OC1c2cc3ccccc3cc2O[C@@]2(I)C=CC=CC12. The average Bonchev–Trinajstić information content (AvgIpc) is 2.45. The normalized spacial score (nSPS) is 30.7. The number of ether oxygens (including phenoxy) is 1. The standard InChI is InChI=1S/C17H13IO2/c18-17-8-4-3-7-14(17)16(19)13-9-11-5-1-2-6-12(11)10-15(13)20-17/h1-10,14,16,19H/t14?,16?,17-/m0/s1. The van der Waals surface area contributed by atoms with Gasteiger partial charge in [-0.2, -0.15) is 0 Å². The lowest BCUT2D eigenvalue weighted by atomic mass is 9.84. The van der Waals surface area contributed by atoms with E-state index in [9.17, 15) is 5.11 Å². The van der Waals surface area contributed by atoms with Crippen molar-refractivity contribution in [3.05, 3.63) is 66.3 Å². The first kappa shape index (κ1) is 12.4. The van der Waals surface area contributed by atoms with E-state index in [2.05, 4.69) is 34.7 Å². The summed E-state index contributed by atoms with van der Waals surface area (Å²) >= 11 is 2.28. The molecule has 0 amide bonds. The number of hydrogen-bond donors (Lipinski definition) is 1. The van der Waals surface area contributed by atoms with Crippen molar-refractivity contribution in [1.29, 1.82) is 0 Å². The highest BCUT2D eigenvalue weighted by Crippen LogP contribution is 2.50. The van der Waals surface area contributed by atoms with Gasteiger partial charge in [0.2, 0.25) is 0 Å². The number of halogens is 1. The van der Waals surface area contributed by atoms with Crippen LogP contribution in [-0.4, -0.2) is 8.71 Å². The molecule has 2 aromatic carbocycles. The second-order valence-corrected chi connectivity index (χ2v) is 6.94. The fourth-order valence-corrected chi connectivity index (χ4v) is 3.95. The lowest BCUT2D eigenvalue weighted by molar-refractivity contribution is 0.0352. The fourth-order valence-electron chi connectivity index (χ4n) is 2.95. The minimum atomic E-state index is -0.540. The molecule has 3 atom stereocenters. The van der Waals surface area contributed by atoms with Gasteiger partial charge in [-0.05, 0) is 51.6 Å². The van der Waals surface area contributed by atoms with Gasteiger partial charge in [-0.25, -0.2) is 0 Å². The second kappa shape index (κ2) is 4.33. The molecule has 0 radical (unpaired) electrons. The van der Waals surface area contributed by atoms with Crippen molar-refractivity contribution in [3.8, 4) is 5.75 Å². The van der Waals surface area contributed by atoms with Crippen LogP contribution in [0.25, 0.3) is 10.8 Å². The Hall–Kier alpha value is -1.33. The zero-order valence-corrected chi connectivity index (χ0v) is 12.8. The molecule has 0 fully saturated rings. The number of hydrogen-bond acceptors (Lipinski definition) is 2. The summed E-state index contributed by atoms with van der Waals surface area (Å²) in [6.45, 7) is 0. The summed E-state index contributed by atoms with van der Waals surface area (Å²) in [5, 5.41) is 13.0. The van der Waals surface area contributed by atoms with E-state index in [4.69, 9.17) is 4.74 Å². The first-order valence-electron chi connectivity index (χ1n) is 6.62. The van der Waals surface area contributed by atoms with Gasteiger partial charge in [-0.3, -0.25) is 0 Å². The Kier molecular flexibility index (Phi) is 2.69. The zero-order valence-electron chi connectivity index (χ0n) is 10.7. The van der Waals surface area contributed by atoms with Crippen LogP contribution in [0.1, 0.15) is 11.7 Å². The molecule has 0 saturated carbocycles. The monoisotopic (exact) mass is 376 g/mol. The number of allylic oxidation sites excluding steroid dienone is 2. The molecule has 0 bridgehead atoms. The van der Waals surface area contributed by atoms with Gasteiger partial charge in [0.05, 0.1) is 12.0 Å². The molecule has 4 rings (SSSR count). The summed E-state index contributed by atoms with van der Waals surface area (Å²) in [6, 6.07) is 12.2. The lowest BCUT2D eigenvalue weighted by Crippen LogP contribution is -2.42. The first-order valence-corrected chi connectivity index (χ1v) is 7.70. The summed E-state index contributed by atoms with van der Waals surface area (Å²) in [6.07, 6.45) is 7.44. The van der Waals surface area contributed by atoms with Crippen molar-refractivity contribution in [2.24, 2.45) is 5.92 Å². The van der Waals surface area contributed by atoms with Gasteiger partial charge in [-0.15, -0.1) is 0 Å². The Balaban J connectivity index is 1.94. The van der Waals surface area contributed by atoms with Gasteiger partial charge in [0, 0.05) is 5.56 Å². The van der Waals surface area contributed by atoms with E-state index < -0.39 is 9.71 Å². The molecule has 1 heterocycles. The Morgan fingerprint density at radius 1 is 1.10 bits per heavy atom. The molecule has 3 heteroatoms. The minimum Gasteiger partial charge on any atom is -0.472 e. The predicted molar refractivity (Wildman–Crippen MR) is 88.1 cm³/mol. The zero-order chi connectivity index (χ0) is 13.7. The topological polar surface area (TPSA) is 29.5 Å². The number of fused-ring (bicyclic) bond motifs is 3. The van der Waals surface area contributed by atoms with Crippen LogP contribution in [0.5, 0.6) is 5.75 Å². The Bertz CT molecular complexity index is 750. The summed E-state index contributed by atoms with van der Waals surface area (Å²) in [4.78, 5) is 0. The number of alkyl halides is 1. The Morgan fingerprint density at radius 3 is 2.65 bits per heavy atom. The Morgan fingerprint density at radius 2 is 1.85 bits per heavy atom. The molecule has 0 saturated heterocycles. The highest BCUT2D eigenvalue weighted by atomic mass is 127. The molecular weight excluding hydrogens is 363 g/mol. The molecule has 2 nitrogen and oxygen atoms in total. The lowest BCUT2D eigenvalue weighted by Gasteiger charge is -2.42. The third kappa shape index (κ3) is 1.73. The second-order valence-electron chi connectivity index (χ2n) is 5.25. The molecule has 1 N–H and O–H groups in total. The largest absolute Gasteiger partial charge is 0.472 e. The van der Waals surface area contributed by atoms with Crippen molar-refractivity contribution < 1.29 is 9.84 Å². The van der Waals surface area contributed by atoms with Crippen molar-refractivity contribution >= 4 is 33.4 Å². The molecule has 100 valence electrons. The van der Waals surface area contributed by atoms with Crippen LogP contribution in [0.3, 0.4) is 0 Å². The van der Waals surface area contributed by atoms with Gasteiger partial charge in [-0.1, -0.05) is 42.5 Å². The summed E-state index contributed by atoms with van der Waals surface area (Å²) in [5.41, 5.74) is 0.876. The summed E-state index contributed by atoms with van der Waals surface area (Å²) < 4.78 is 5.69. The molecular formula is C17H13IO2. The predicted octanol–water partition coefficient (Wildman–Crippen LogP) is 4.14. The third-order valence-electron chi connectivity index (χ3n) is 4.01. The Labute approximate surface area is 130 Å². The number of aliphatic hydroxyl groups excluding tert-OH is 1. The van der Waals surface area contributed by atoms with Crippen LogP contribution in [0.4, 0.5) is 0 Å². The minimum absolute atomic E-state index is 0.0539. The quantitative estimate of drug-likeness (QED) is 0.553. The van der Waals surface area contributed by atoms with E-state index in [1.807, 2.05) is 48.6 Å². The van der Waals surface area contributed by atoms with Crippen LogP contribution in [0.2, 0.25) is 0 Å². The van der Waals surface area contributed by atoms with E-state index in [1.54, 1.807) is 0 Å². The van der Waals surface area contributed by atoms with Crippen molar-refractivity contribution in [3.63, 3.8) is 0 Å². The van der Waals surface area contributed by atoms with Crippen LogP contribution < -0.4 is 4.74 Å². The highest BCUT2D eigenvalue weighted by Gasteiger charge is 2.45. The molecule has 0 spiro atoms. The van der Waals surface area contributed by atoms with E-state index in [-0.39, 0.29) is 5.92 Å². The van der Waals surface area contributed by atoms with Crippen LogP contribution in [0, 0.1) is 5.92 Å². The third-order valence-corrected chi connectivity index (χ3v) is 5.31. The van der Waals surface area contributed by atoms with Gasteiger partial charge in [0.25, 0.3) is 0 Å². The van der Waals surface area contributed by atoms with E-state index in [1.165, 1.54) is 0 Å². The average molecular weight is 376 g/mol. The van der Waals surface area contributed by atoms with E-state index in [0.29, 0.717) is 0 Å². The van der Waals surface area contributed by atoms with Crippen molar-refractivity contribution in [1.82, 2.24) is 0 Å². The maximum Gasteiger partial charge on any atom is 0.186 e. The van der Waals surface area contributed by atoms with Gasteiger partial charge < -0.3 is 9.84 Å². The molecule has 2 unspecified atom stereocenters. The molecule has 0 aromatic heterocycles. The summed E-state index contributed by atoms with van der Waals surface area (Å²) in [7, 11) is 0. The number of benzene rings is 2.